The second kappa shape index (κ2) is 12.3. The number of aromatic nitrogens is 2. The zero-order valence-electron chi connectivity index (χ0n) is 23.1. The van der Waals surface area contributed by atoms with Gasteiger partial charge in [0.05, 0.1) is 38.0 Å². The van der Waals surface area contributed by atoms with E-state index in [1.807, 2.05) is 6.20 Å². The van der Waals surface area contributed by atoms with Gasteiger partial charge in [0.15, 0.2) is 0 Å². The average Bonchev–Trinajstić information content (AvgIpc) is 2.96. The van der Waals surface area contributed by atoms with Crippen molar-refractivity contribution in [3.8, 4) is 0 Å². The molecule has 3 aliphatic rings. The summed E-state index contributed by atoms with van der Waals surface area (Å²) in [5, 5.41) is 1.05. The molecule has 2 aliphatic heterocycles. The Bertz CT molecular complexity index is 1180. The number of carbonyl (C=O) groups is 1. The molecule has 5 rings (SSSR count). The van der Waals surface area contributed by atoms with Crippen LogP contribution in [0.1, 0.15) is 51.5 Å². The molecule has 8 heteroatoms. The summed E-state index contributed by atoms with van der Waals surface area (Å²) in [7, 11) is 1.76. The molecule has 1 aliphatic carbocycles. The number of anilines is 2. The number of benzene rings is 1. The minimum Gasteiger partial charge on any atom is -0.378 e. The molecule has 8 nitrogen and oxygen atoms in total. The molecule has 0 N–H and O–H groups in total. The van der Waals surface area contributed by atoms with E-state index in [1.54, 1.807) is 11.9 Å². The molecule has 2 aromatic rings. The first-order chi connectivity index (χ1) is 18.5. The Morgan fingerprint density at radius 2 is 1.79 bits per heavy atom. The van der Waals surface area contributed by atoms with Crippen LogP contribution in [0.15, 0.2) is 36.0 Å². The molecule has 38 heavy (non-hydrogen) atoms. The van der Waals surface area contributed by atoms with E-state index in [-0.39, 0.29) is 0 Å². The van der Waals surface area contributed by atoms with Crippen LogP contribution in [0.3, 0.4) is 0 Å². The molecule has 0 bridgehead atoms. The van der Waals surface area contributed by atoms with Crippen molar-refractivity contribution in [1.82, 2.24) is 14.9 Å². The van der Waals surface area contributed by atoms with Crippen molar-refractivity contribution >= 4 is 34.7 Å². The Morgan fingerprint density at radius 1 is 1.03 bits per heavy atom. The normalized spacial score (nSPS) is 21.4. The molecule has 204 valence electrons. The first-order valence-electron chi connectivity index (χ1n) is 14.1. The Hall–Kier alpha value is -2.97. The highest BCUT2D eigenvalue weighted by Gasteiger charge is 2.34. The predicted molar refractivity (Wildman–Crippen MR) is 152 cm³/mol. The van der Waals surface area contributed by atoms with Gasteiger partial charge in [-0.15, -0.1) is 0 Å². The van der Waals surface area contributed by atoms with E-state index in [1.165, 1.54) is 37.7 Å². The van der Waals surface area contributed by atoms with Crippen LogP contribution in [0.25, 0.3) is 16.5 Å². The van der Waals surface area contributed by atoms with Crippen LogP contribution >= 0.6 is 0 Å². The third kappa shape index (κ3) is 6.02. The first kappa shape index (κ1) is 26.6. The van der Waals surface area contributed by atoms with Crippen molar-refractivity contribution in [2.45, 2.75) is 52.0 Å². The van der Waals surface area contributed by atoms with Crippen molar-refractivity contribution < 1.29 is 14.3 Å². The van der Waals surface area contributed by atoms with Crippen LogP contribution in [0, 0.1) is 5.92 Å². The van der Waals surface area contributed by atoms with E-state index in [0.29, 0.717) is 31.8 Å². The maximum Gasteiger partial charge on any atom is 0.228 e. The molecule has 3 fully saturated rings. The molecular weight excluding hydrogens is 478 g/mol. The predicted octanol–water partition coefficient (Wildman–Crippen LogP) is 4.65. The Kier molecular flexibility index (Phi) is 8.59. The third-order valence-corrected chi connectivity index (χ3v) is 7.88. The Labute approximate surface area is 226 Å². The molecule has 3 heterocycles. The van der Waals surface area contributed by atoms with Crippen molar-refractivity contribution in [2.75, 3.05) is 62.9 Å². The molecule has 1 aromatic heterocycles. The van der Waals surface area contributed by atoms with Gasteiger partial charge >= 0.3 is 0 Å². The van der Waals surface area contributed by atoms with Crippen LogP contribution in [-0.2, 0) is 14.3 Å². The maximum atomic E-state index is 11.4. The van der Waals surface area contributed by atoms with Gasteiger partial charge in [-0.3, -0.25) is 4.79 Å². The fourth-order valence-electron chi connectivity index (χ4n) is 5.95. The lowest BCUT2D eigenvalue weighted by atomic mass is 9.83. The molecule has 1 atom stereocenters. The smallest absolute Gasteiger partial charge is 0.228 e. The van der Waals surface area contributed by atoms with Crippen LogP contribution in [-0.4, -0.2) is 80.4 Å². The second-order valence-electron chi connectivity index (χ2n) is 11.0. The van der Waals surface area contributed by atoms with Crippen molar-refractivity contribution in [2.24, 2.45) is 5.92 Å². The highest BCUT2D eigenvalue weighted by atomic mass is 16.5. The fourth-order valence-corrected chi connectivity index (χ4v) is 5.95. The number of ether oxygens (including phenoxy) is 2. The lowest BCUT2D eigenvalue weighted by molar-refractivity contribution is -0.114. The van der Waals surface area contributed by atoms with Gasteiger partial charge in [0.25, 0.3) is 0 Å². The second-order valence-corrected chi connectivity index (χ2v) is 11.0. The molecule has 0 radical (unpaired) electrons. The molecule has 2 saturated heterocycles. The number of fused-ring (bicyclic) bond motifs is 1. The summed E-state index contributed by atoms with van der Waals surface area (Å²) in [6, 6.07) is 6.72. The summed E-state index contributed by atoms with van der Waals surface area (Å²) >= 11 is 0. The molecular formula is C30H41N5O3. The number of allylic oxidation sites excluding steroid dienone is 3. The molecule has 1 unspecified atom stereocenters. The van der Waals surface area contributed by atoms with Crippen molar-refractivity contribution in [3.63, 3.8) is 0 Å². The highest BCUT2D eigenvalue weighted by Crippen LogP contribution is 2.36. The van der Waals surface area contributed by atoms with Crippen LogP contribution in [0.4, 0.5) is 11.8 Å². The summed E-state index contributed by atoms with van der Waals surface area (Å²) in [4.78, 5) is 28.0. The lowest BCUT2D eigenvalue weighted by Gasteiger charge is -2.43. The van der Waals surface area contributed by atoms with Gasteiger partial charge < -0.3 is 24.2 Å². The SMILES string of the molecule is CC(C)=C/C(=C\N(C)C=O)c1ccc2nc(N3CCOCC3)nc(N3CCOCC3C3CCCCC3)c2c1. The number of hydrogen-bond donors (Lipinski definition) is 0. The van der Waals surface area contributed by atoms with Gasteiger partial charge in [0.1, 0.15) is 5.82 Å². The van der Waals surface area contributed by atoms with Gasteiger partial charge in [-0.25, -0.2) is 4.98 Å². The number of carbonyl (C=O) groups excluding carboxylic acids is 1. The van der Waals surface area contributed by atoms with E-state index >= 15 is 0 Å². The summed E-state index contributed by atoms with van der Waals surface area (Å²) in [5.41, 5.74) is 4.13. The minimum absolute atomic E-state index is 0.317. The summed E-state index contributed by atoms with van der Waals surface area (Å²) < 4.78 is 11.6. The topological polar surface area (TPSA) is 71.0 Å². The Morgan fingerprint density at radius 3 is 2.53 bits per heavy atom. The Balaban J connectivity index is 1.64. The van der Waals surface area contributed by atoms with Crippen LogP contribution in [0.5, 0.6) is 0 Å². The van der Waals surface area contributed by atoms with E-state index in [9.17, 15) is 4.79 Å². The number of morpholine rings is 2. The standard InChI is InChI=1S/C30H41N5O3/c1-22(2)17-25(19-33(3)21-36)24-9-10-27-26(18-24)29(32-30(31-27)34-11-14-37-15-12-34)35-13-16-38-20-28(35)23-7-5-4-6-8-23/h9-10,17-19,21,23,28H,4-8,11-16,20H2,1-3H3/b25-19+. The van der Waals surface area contributed by atoms with E-state index < -0.39 is 0 Å². The van der Waals surface area contributed by atoms with Gasteiger partial charge in [-0.1, -0.05) is 37.0 Å². The zero-order valence-corrected chi connectivity index (χ0v) is 23.1. The monoisotopic (exact) mass is 519 g/mol. The van der Waals surface area contributed by atoms with Gasteiger partial charge in [-0.05, 0) is 55.9 Å². The number of rotatable bonds is 7. The molecule has 0 spiro atoms. The van der Waals surface area contributed by atoms with E-state index in [0.717, 1.165) is 66.5 Å². The molecule has 1 aromatic carbocycles. The van der Waals surface area contributed by atoms with Crippen LogP contribution < -0.4 is 9.80 Å². The lowest BCUT2D eigenvalue weighted by Crippen LogP contribution is -2.50. The van der Waals surface area contributed by atoms with Crippen molar-refractivity contribution in [3.05, 3.63) is 41.6 Å². The summed E-state index contributed by atoms with van der Waals surface area (Å²) in [6.45, 7) is 9.39. The average molecular weight is 520 g/mol. The number of amides is 1. The fraction of sp³-hybridized carbons (Fsp3) is 0.567. The van der Waals surface area contributed by atoms with Crippen molar-refractivity contribution in [1.29, 1.82) is 0 Å². The highest BCUT2D eigenvalue weighted by molar-refractivity contribution is 5.94. The minimum atomic E-state index is 0.317. The van der Waals surface area contributed by atoms with Crippen LogP contribution in [0.2, 0.25) is 0 Å². The van der Waals surface area contributed by atoms with Gasteiger partial charge in [0, 0.05) is 38.3 Å². The maximum absolute atomic E-state index is 11.4. The molecule has 1 amide bonds. The van der Waals surface area contributed by atoms with Gasteiger partial charge in [-0.2, -0.15) is 4.98 Å². The summed E-state index contributed by atoms with van der Waals surface area (Å²) in [5.74, 6) is 2.39. The zero-order chi connectivity index (χ0) is 26.5. The van der Waals surface area contributed by atoms with E-state index in [4.69, 9.17) is 19.4 Å². The number of hydrogen-bond acceptors (Lipinski definition) is 7. The number of nitrogens with zero attached hydrogens (tertiary/aromatic N) is 5. The summed E-state index contributed by atoms with van der Waals surface area (Å²) in [6.07, 6.45) is 11.2. The largest absolute Gasteiger partial charge is 0.378 e. The quantitative estimate of drug-likeness (QED) is 0.390. The third-order valence-electron chi connectivity index (χ3n) is 7.88. The first-order valence-corrected chi connectivity index (χ1v) is 14.1. The molecule has 1 saturated carbocycles. The van der Waals surface area contributed by atoms with Gasteiger partial charge in [0.2, 0.25) is 12.4 Å². The van der Waals surface area contributed by atoms with E-state index in [2.05, 4.69) is 47.9 Å².